The molecule has 0 aromatic heterocycles. The minimum absolute atomic E-state index is 0.0376. The van der Waals surface area contributed by atoms with E-state index in [9.17, 15) is 22.8 Å². The second kappa shape index (κ2) is 5.36. The molecule has 114 valence electrons. The largest absolute Gasteiger partial charge is 0.417 e. The van der Waals surface area contributed by atoms with Crippen LogP contribution in [0, 0.1) is 0 Å². The van der Waals surface area contributed by atoms with Crippen LogP contribution >= 0.6 is 0 Å². The Hall–Kier alpha value is -2.09. The summed E-state index contributed by atoms with van der Waals surface area (Å²) in [6.07, 6.45) is -4.83. The maximum Gasteiger partial charge on any atom is 0.417 e. The van der Waals surface area contributed by atoms with Crippen LogP contribution < -0.4 is 11.1 Å². The van der Waals surface area contributed by atoms with Gasteiger partial charge in [0.15, 0.2) is 0 Å². The number of nitrogens with two attached hydrogens (primary N) is 1. The number of nitrogens with one attached hydrogen (secondary N) is 1. The Labute approximate surface area is 118 Å². The first-order valence-corrected chi connectivity index (χ1v) is 6.08. The van der Waals surface area contributed by atoms with Crippen LogP contribution in [-0.2, 0) is 15.7 Å². The van der Waals surface area contributed by atoms with Gasteiger partial charge in [-0.1, -0.05) is 12.1 Å². The summed E-state index contributed by atoms with van der Waals surface area (Å²) in [4.78, 5) is 23.1. The van der Waals surface area contributed by atoms with Crippen LogP contribution in [-0.4, -0.2) is 30.6 Å². The van der Waals surface area contributed by atoms with Crippen molar-refractivity contribution in [2.24, 2.45) is 5.73 Å². The van der Waals surface area contributed by atoms with Crippen LogP contribution in [0.4, 0.5) is 13.2 Å². The zero-order chi connectivity index (χ0) is 15.7. The van der Waals surface area contributed by atoms with Crippen LogP contribution in [0.15, 0.2) is 24.3 Å². The first kappa shape index (κ1) is 15.3. The van der Waals surface area contributed by atoms with Gasteiger partial charge < -0.3 is 15.8 Å². The third-order valence-corrected chi connectivity index (χ3v) is 3.13. The highest BCUT2D eigenvalue weighted by Gasteiger charge is 2.43. The smallest absolute Gasteiger partial charge is 0.376 e. The minimum atomic E-state index is -4.64. The molecule has 8 heteroatoms. The number of halogens is 3. The van der Waals surface area contributed by atoms with Gasteiger partial charge in [0, 0.05) is 0 Å². The van der Waals surface area contributed by atoms with Gasteiger partial charge in [-0.3, -0.25) is 9.59 Å². The summed E-state index contributed by atoms with van der Waals surface area (Å²) in [5.41, 5.74) is 2.52. The molecule has 2 amide bonds. The minimum Gasteiger partial charge on any atom is -0.376 e. The number of hydrogen-bond donors (Lipinski definition) is 2. The van der Waals surface area contributed by atoms with Crippen LogP contribution in [0.25, 0.3) is 0 Å². The number of benzene rings is 1. The fourth-order valence-corrected chi connectivity index (χ4v) is 2.14. The van der Waals surface area contributed by atoms with Gasteiger partial charge in [0.25, 0.3) is 5.91 Å². The van der Waals surface area contributed by atoms with Gasteiger partial charge in [-0.15, -0.1) is 0 Å². The second-order valence-electron chi connectivity index (χ2n) is 4.91. The lowest BCUT2D eigenvalue weighted by molar-refractivity contribution is -0.138. The van der Waals surface area contributed by atoms with Crippen molar-refractivity contribution in [3.05, 3.63) is 35.4 Å². The van der Waals surface area contributed by atoms with Crippen LogP contribution in [0.1, 0.15) is 22.3 Å². The van der Waals surface area contributed by atoms with E-state index in [0.717, 1.165) is 12.1 Å². The van der Waals surface area contributed by atoms with E-state index in [1.807, 2.05) is 0 Å². The summed E-state index contributed by atoms with van der Waals surface area (Å²) >= 11 is 0. The molecule has 1 heterocycles. The molecule has 0 unspecified atom stereocenters. The molecule has 0 radical (unpaired) electrons. The lowest BCUT2D eigenvalue weighted by Crippen LogP contribution is -2.63. The summed E-state index contributed by atoms with van der Waals surface area (Å²) in [6, 6.07) is 4.44. The third-order valence-electron chi connectivity index (χ3n) is 3.13. The molecular formula is C13H13F3N2O3. The summed E-state index contributed by atoms with van der Waals surface area (Å²) < 4.78 is 43.5. The molecule has 1 aromatic carbocycles. The van der Waals surface area contributed by atoms with Crippen molar-refractivity contribution in [1.29, 1.82) is 0 Å². The van der Waals surface area contributed by atoms with Crippen molar-refractivity contribution in [3.63, 3.8) is 0 Å². The van der Waals surface area contributed by atoms with Gasteiger partial charge in [0.1, 0.15) is 0 Å². The maximum atomic E-state index is 12.9. The van der Waals surface area contributed by atoms with Gasteiger partial charge in [-0.05, 0) is 12.1 Å². The summed E-state index contributed by atoms with van der Waals surface area (Å²) in [5, 5.41) is 2.43. The molecule has 1 aromatic rings. The fraction of sp³-hybridized carbons (Fsp3) is 0.385. The van der Waals surface area contributed by atoms with Crippen LogP contribution in [0.3, 0.4) is 0 Å². The molecule has 5 nitrogen and oxygen atoms in total. The molecule has 1 fully saturated rings. The Morgan fingerprint density at radius 3 is 2.38 bits per heavy atom. The average molecular weight is 302 g/mol. The number of alkyl halides is 3. The molecular weight excluding hydrogens is 289 g/mol. The number of ether oxygens (including phenoxy) is 1. The van der Waals surface area contributed by atoms with E-state index < -0.39 is 34.7 Å². The van der Waals surface area contributed by atoms with Gasteiger partial charge in [-0.2, -0.15) is 13.2 Å². The van der Waals surface area contributed by atoms with Gasteiger partial charge in [0.05, 0.1) is 36.3 Å². The molecule has 0 atom stereocenters. The summed E-state index contributed by atoms with van der Waals surface area (Å²) in [7, 11) is 0. The number of carbonyl (C=O) groups excluding carboxylic acids is 2. The van der Waals surface area contributed by atoms with Crippen molar-refractivity contribution in [2.75, 3.05) is 13.2 Å². The average Bonchev–Trinajstić information content (AvgIpc) is 2.34. The molecule has 0 bridgehead atoms. The van der Waals surface area contributed by atoms with Gasteiger partial charge in [0.2, 0.25) is 5.91 Å². The number of amides is 2. The third kappa shape index (κ3) is 3.33. The number of hydrogen-bond acceptors (Lipinski definition) is 3. The number of primary amides is 1. The van der Waals surface area contributed by atoms with E-state index in [4.69, 9.17) is 10.5 Å². The fourth-order valence-electron chi connectivity index (χ4n) is 2.14. The SMILES string of the molecule is NC(=O)CC1(NC(=O)c2ccccc2C(F)(F)F)COC1. The van der Waals surface area contributed by atoms with E-state index in [0.29, 0.717) is 0 Å². The molecule has 1 aliphatic rings. The lowest BCUT2D eigenvalue weighted by Gasteiger charge is -2.41. The molecule has 1 aliphatic heterocycles. The zero-order valence-electron chi connectivity index (χ0n) is 10.9. The van der Waals surface area contributed by atoms with Gasteiger partial charge >= 0.3 is 6.18 Å². The molecule has 0 aliphatic carbocycles. The Morgan fingerprint density at radius 2 is 1.90 bits per heavy atom. The highest BCUT2D eigenvalue weighted by Crippen LogP contribution is 2.32. The van der Waals surface area contributed by atoms with Crippen LogP contribution in [0.2, 0.25) is 0 Å². The summed E-state index contributed by atoms with van der Waals surface area (Å²) in [6.45, 7) is 0.0751. The molecule has 2 rings (SSSR count). The Bertz CT molecular complexity index is 568. The molecule has 3 N–H and O–H groups in total. The van der Waals surface area contributed by atoms with Crippen molar-refractivity contribution in [2.45, 2.75) is 18.1 Å². The quantitative estimate of drug-likeness (QED) is 0.873. The standard InChI is InChI=1S/C13H13F3N2O3/c14-13(15,16)9-4-2-1-3-8(9)11(20)18-12(5-10(17)19)6-21-7-12/h1-4H,5-7H2,(H2,17,19)(H,18,20). The van der Waals surface area contributed by atoms with E-state index in [1.165, 1.54) is 12.1 Å². The van der Waals surface area contributed by atoms with Gasteiger partial charge in [-0.25, -0.2) is 0 Å². The molecule has 0 saturated carbocycles. The number of rotatable bonds is 4. The maximum absolute atomic E-state index is 12.9. The first-order valence-electron chi connectivity index (χ1n) is 6.08. The predicted molar refractivity (Wildman–Crippen MR) is 66.3 cm³/mol. The highest BCUT2D eigenvalue weighted by atomic mass is 19.4. The van der Waals surface area contributed by atoms with Crippen molar-refractivity contribution in [3.8, 4) is 0 Å². The number of carbonyl (C=O) groups is 2. The highest BCUT2D eigenvalue weighted by molar-refractivity contribution is 5.96. The van der Waals surface area contributed by atoms with E-state index in [-0.39, 0.29) is 19.6 Å². The monoisotopic (exact) mass is 302 g/mol. The van der Waals surface area contributed by atoms with E-state index in [2.05, 4.69) is 5.32 Å². The second-order valence-corrected chi connectivity index (χ2v) is 4.91. The Morgan fingerprint density at radius 1 is 1.29 bits per heavy atom. The Kier molecular flexibility index (Phi) is 3.91. The summed E-state index contributed by atoms with van der Waals surface area (Å²) in [5.74, 6) is -1.57. The van der Waals surface area contributed by atoms with Crippen molar-refractivity contribution < 1.29 is 27.5 Å². The molecule has 0 spiro atoms. The first-order chi connectivity index (χ1) is 9.73. The van der Waals surface area contributed by atoms with Crippen molar-refractivity contribution in [1.82, 2.24) is 5.32 Å². The Balaban J connectivity index is 2.23. The zero-order valence-corrected chi connectivity index (χ0v) is 10.9. The predicted octanol–water partition coefficient (Wildman–Crippen LogP) is 1.08. The topological polar surface area (TPSA) is 81.4 Å². The molecule has 1 saturated heterocycles. The molecule has 21 heavy (non-hydrogen) atoms. The van der Waals surface area contributed by atoms with E-state index >= 15 is 0 Å². The lowest BCUT2D eigenvalue weighted by atomic mass is 9.91. The van der Waals surface area contributed by atoms with E-state index in [1.54, 1.807) is 0 Å². The van der Waals surface area contributed by atoms with Crippen molar-refractivity contribution >= 4 is 11.8 Å². The van der Waals surface area contributed by atoms with Crippen LogP contribution in [0.5, 0.6) is 0 Å². The normalized spacial score (nSPS) is 16.9.